The number of anilines is 1. The molecule has 1 amide bonds. The minimum absolute atomic E-state index is 0.0136. The molecular formula is C16H15BrF3N3O2. The van der Waals surface area contributed by atoms with E-state index in [0.29, 0.717) is 11.4 Å². The fraction of sp³-hybridized carbons (Fsp3) is 0.375. The van der Waals surface area contributed by atoms with Crippen LogP contribution in [0.5, 0.6) is 5.75 Å². The number of hydrogen-bond acceptors (Lipinski definition) is 3. The summed E-state index contributed by atoms with van der Waals surface area (Å²) in [7, 11) is 0. The van der Waals surface area contributed by atoms with Gasteiger partial charge in [-0.05, 0) is 40.9 Å². The van der Waals surface area contributed by atoms with Crippen LogP contribution in [0.3, 0.4) is 0 Å². The molecule has 0 bridgehead atoms. The van der Waals surface area contributed by atoms with Crippen LogP contribution >= 0.6 is 15.9 Å². The van der Waals surface area contributed by atoms with Gasteiger partial charge < -0.3 is 10.4 Å². The Morgan fingerprint density at radius 1 is 1.40 bits per heavy atom. The molecule has 1 heterocycles. The Morgan fingerprint density at radius 2 is 2.12 bits per heavy atom. The van der Waals surface area contributed by atoms with Gasteiger partial charge in [0.15, 0.2) is 5.69 Å². The second kappa shape index (κ2) is 6.70. The molecule has 2 N–H and O–H groups in total. The van der Waals surface area contributed by atoms with Gasteiger partial charge in [-0.3, -0.25) is 9.48 Å². The van der Waals surface area contributed by atoms with Crippen LogP contribution < -0.4 is 5.32 Å². The highest BCUT2D eigenvalue weighted by molar-refractivity contribution is 9.10. The average Bonchev–Trinajstić information content (AvgIpc) is 3.27. The maximum atomic E-state index is 13.0. The van der Waals surface area contributed by atoms with Crippen molar-refractivity contribution in [1.29, 1.82) is 0 Å². The number of alkyl halides is 3. The van der Waals surface area contributed by atoms with Gasteiger partial charge in [0, 0.05) is 24.1 Å². The van der Waals surface area contributed by atoms with E-state index in [9.17, 15) is 23.1 Å². The number of nitrogens with one attached hydrogen (secondary N) is 1. The lowest BCUT2D eigenvalue weighted by molar-refractivity contribution is -0.142. The Morgan fingerprint density at radius 3 is 2.72 bits per heavy atom. The van der Waals surface area contributed by atoms with E-state index in [2.05, 4.69) is 26.3 Å². The van der Waals surface area contributed by atoms with Crippen molar-refractivity contribution in [2.75, 3.05) is 5.32 Å². The van der Waals surface area contributed by atoms with Crippen LogP contribution in [0.15, 0.2) is 28.7 Å². The van der Waals surface area contributed by atoms with Crippen molar-refractivity contribution in [3.8, 4) is 5.75 Å². The molecule has 1 saturated carbocycles. The molecule has 0 atom stereocenters. The SMILES string of the molecule is O=C(CCn1nc(C(F)(F)F)c(Br)c1C1CC1)Nc1cccc(O)c1. The first-order valence-electron chi connectivity index (χ1n) is 7.68. The van der Waals surface area contributed by atoms with Gasteiger partial charge in [-0.1, -0.05) is 6.07 Å². The molecule has 1 aromatic heterocycles. The Kier molecular flexibility index (Phi) is 4.77. The molecule has 134 valence electrons. The average molecular weight is 418 g/mol. The number of nitrogens with zero attached hydrogens (tertiary/aromatic N) is 2. The predicted molar refractivity (Wildman–Crippen MR) is 88.3 cm³/mol. The van der Waals surface area contributed by atoms with Gasteiger partial charge in [-0.2, -0.15) is 18.3 Å². The number of aromatic hydroxyl groups is 1. The summed E-state index contributed by atoms with van der Waals surface area (Å²) in [6, 6.07) is 6.05. The maximum absolute atomic E-state index is 13.0. The zero-order valence-electron chi connectivity index (χ0n) is 13.0. The molecule has 3 rings (SSSR count). The second-order valence-corrected chi connectivity index (χ2v) is 6.68. The highest BCUT2D eigenvalue weighted by Crippen LogP contribution is 2.47. The zero-order valence-corrected chi connectivity index (χ0v) is 14.6. The molecule has 0 spiro atoms. The van der Waals surface area contributed by atoms with Crippen molar-refractivity contribution in [2.24, 2.45) is 0 Å². The molecule has 1 aromatic carbocycles. The van der Waals surface area contributed by atoms with E-state index in [1.165, 1.54) is 16.8 Å². The third-order valence-electron chi connectivity index (χ3n) is 3.84. The minimum Gasteiger partial charge on any atom is -0.508 e. The second-order valence-electron chi connectivity index (χ2n) is 5.89. The summed E-state index contributed by atoms with van der Waals surface area (Å²) in [5.74, 6) is -0.306. The summed E-state index contributed by atoms with van der Waals surface area (Å²) in [5.41, 5.74) is -0.0367. The molecule has 9 heteroatoms. The topological polar surface area (TPSA) is 67.2 Å². The third kappa shape index (κ3) is 4.15. The van der Waals surface area contributed by atoms with E-state index in [4.69, 9.17) is 0 Å². The number of hydrogen-bond donors (Lipinski definition) is 2. The van der Waals surface area contributed by atoms with E-state index >= 15 is 0 Å². The number of aryl methyl sites for hydroxylation is 1. The number of rotatable bonds is 5. The molecule has 1 fully saturated rings. The monoisotopic (exact) mass is 417 g/mol. The first-order chi connectivity index (χ1) is 11.8. The number of phenolic OH excluding ortho intramolecular Hbond substituents is 1. The first kappa shape index (κ1) is 17.8. The van der Waals surface area contributed by atoms with Gasteiger partial charge >= 0.3 is 6.18 Å². The van der Waals surface area contributed by atoms with Gasteiger partial charge in [0.05, 0.1) is 16.7 Å². The van der Waals surface area contributed by atoms with Gasteiger partial charge in [0.1, 0.15) is 5.75 Å². The normalized spacial score (nSPS) is 14.6. The number of aromatic nitrogens is 2. The lowest BCUT2D eigenvalue weighted by Crippen LogP contribution is -2.16. The number of carbonyl (C=O) groups excluding carboxylic acids is 1. The van der Waals surface area contributed by atoms with Gasteiger partial charge in [0.25, 0.3) is 0 Å². The first-order valence-corrected chi connectivity index (χ1v) is 8.47. The quantitative estimate of drug-likeness (QED) is 0.762. The predicted octanol–water partition coefficient (Wildman–Crippen LogP) is 4.28. The van der Waals surface area contributed by atoms with Crippen LogP contribution in [0.4, 0.5) is 18.9 Å². The summed E-state index contributed by atoms with van der Waals surface area (Å²) < 4.78 is 40.4. The lowest BCUT2D eigenvalue weighted by atomic mass is 10.2. The Labute approximate surface area is 150 Å². The number of halogens is 4. The molecule has 1 aliphatic rings. The maximum Gasteiger partial charge on any atom is 0.436 e. The van der Waals surface area contributed by atoms with Crippen LogP contribution in [0.1, 0.15) is 36.6 Å². The van der Waals surface area contributed by atoms with Crippen molar-refractivity contribution in [3.63, 3.8) is 0 Å². The molecule has 0 aliphatic heterocycles. The van der Waals surface area contributed by atoms with Crippen LogP contribution in [0.2, 0.25) is 0 Å². The van der Waals surface area contributed by atoms with Gasteiger partial charge in [0.2, 0.25) is 5.91 Å². The van der Waals surface area contributed by atoms with E-state index in [-0.39, 0.29) is 35.0 Å². The number of benzene rings is 1. The Bertz CT molecular complexity index is 800. The van der Waals surface area contributed by atoms with Crippen LogP contribution in [-0.4, -0.2) is 20.8 Å². The third-order valence-corrected chi connectivity index (χ3v) is 4.63. The van der Waals surface area contributed by atoms with Crippen molar-refractivity contribution in [2.45, 2.75) is 37.9 Å². The molecule has 25 heavy (non-hydrogen) atoms. The summed E-state index contributed by atoms with van der Waals surface area (Å²) >= 11 is 3.02. The molecule has 1 aliphatic carbocycles. The smallest absolute Gasteiger partial charge is 0.436 e. The van der Waals surface area contributed by atoms with Crippen molar-refractivity contribution in [1.82, 2.24) is 9.78 Å². The summed E-state index contributed by atoms with van der Waals surface area (Å²) in [4.78, 5) is 12.0. The van der Waals surface area contributed by atoms with Gasteiger partial charge in [-0.15, -0.1) is 0 Å². The van der Waals surface area contributed by atoms with E-state index in [1.54, 1.807) is 12.1 Å². The highest BCUT2D eigenvalue weighted by atomic mass is 79.9. The summed E-state index contributed by atoms with van der Waals surface area (Å²) in [6.07, 6.45) is -2.94. The summed E-state index contributed by atoms with van der Waals surface area (Å²) in [6.45, 7) is 0.0468. The Hall–Kier alpha value is -2.03. The van der Waals surface area contributed by atoms with Crippen molar-refractivity contribution in [3.05, 3.63) is 40.1 Å². The number of carbonyl (C=O) groups is 1. The number of amides is 1. The molecule has 5 nitrogen and oxygen atoms in total. The van der Waals surface area contributed by atoms with Crippen molar-refractivity contribution >= 4 is 27.5 Å². The molecule has 0 unspecified atom stereocenters. The summed E-state index contributed by atoms with van der Waals surface area (Å²) in [5, 5.41) is 15.6. The fourth-order valence-corrected chi connectivity index (χ4v) is 3.40. The molecule has 0 radical (unpaired) electrons. The van der Waals surface area contributed by atoms with Crippen LogP contribution in [0, 0.1) is 0 Å². The van der Waals surface area contributed by atoms with E-state index in [0.717, 1.165) is 12.8 Å². The standard InChI is InChI=1S/C16H15BrF3N3O2/c17-13-14(9-4-5-9)23(22-15(13)16(18,19)20)7-6-12(25)21-10-2-1-3-11(24)8-10/h1-3,8-9,24H,4-7H2,(H,21,25). The van der Waals surface area contributed by atoms with Crippen molar-refractivity contribution < 1.29 is 23.1 Å². The Balaban J connectivity index is 1.71. The molecule has 0 saturated heterocycles. The van der Waals surface area contributed by atoms with E-state index in [1.807, 2.05) is 0 Å². The number of phenols is 1. The van der Waals surface area contributed by atoms with Gasteiger partial charge in [-0.25, -0.2) is 0 Å². The van der Waals surface area contributed by atoms with Crippen LogP contribution in [-0.2, 0) is 17.5 Å². The molecule has 2 aromatic rings. The highest BCUT2D eigenvalue weighted by Gasteiger charge is 2.41. The lowest BCUT2D eigenvalue weighted by Gasteiger charge is -2.08. The fourth-order valence-electron chi connectivity index (χ4n) is 2.57. The largest absolute Gasteiger partial charge is 0.508 e. The van der Waals surface area contributed by atoms with E-state index < -0.39 is 11.9 Å². The molecular weight excluding hydrogens is 403 g/mol. The zero-order chi connectivity index (χ0) is 18.2. The van der Waals surface area contributed by atoms with Crippen LogP contribution in [0.25, 0.3) is 0 Å². The minimum atomic E-state index is -4.54.